The summed E-state index contributed by atoms with van der Waals surface area (Å²) in [6.45, 7) is 1.37. The number of amides is 3. The van der Waals surface area contributed by atoms with Crippen LogP contribution in [-0.2, 0) is 31.7 Å². The highest BCUT2D eigenvalue weighted by molar-refractivity contribution is 5.90. The minimum atomic E-state index is -5.23. The SMILES string of the molecule is CCCN(CC(=O)NC1(C=O)CCCC1)C(=O)[C@H](CCc1cc(F)c(C(F)(F)F)c(F)c1)NC(=O)OCC1=CCCC=C1. The number of halogens is 5. The number of aryl methyl sites for hydroxylation is 1. The maximum Gasteiger partial charge on any atom is 0.422 e. The van der Waals surface area contributed by atoms with Gasteiger partial charge < -0.3 is 25.1 Å². The quantitative estimate of drug-likeness (QED) is 0.237. The van der Waals surface area contributed by atoms with Gasteiger partial charge in [0.1, 0.15) is 36.1 Å². The molecule has 1 aromatic carbocycles. The van der Waals surface area contributed by atoms with E-state index in [1.165, 1.54) is 4.90 Å². The number of ether oxygens (including phenoxy) is 1. The lowest BCUT2D eigenvalue weighted by Crippen LogP contribution is -2.55. The molecule has 0 saturated heterocycles. The largest absolute Gasteiger partial charge is 0.445 e. The molecular formula is C30H36F5N3O5. The Labute approximate surface area is 246 Å². The Hall–Kier alpha value is -3.77. The minimum Gasteiger partial charge on any atom is -0.445 e. The molecule has 43 heavy (non-hydrogen) atoms. The van der Waals surface area contributed by atoms with E-state index in [0.29, 0.717) is 37.7 Å². The number of hydrogen-bond donors (Lipinski definition) is 2. The van der Waals surface area contributed by atoms with E-state index in [4.69, 9.17) is 4.74 Å². The van der Waals surface area contributed by atoms with Crippen LogP contribution in [0.2, 0.25) is 0 Å². The Morgan fingerprint density at radius 3 is 2.35 bits per heavy atom. The van der Waals surface area contributed by atoms with Crippen LogP contribution >= 0.6 is 0 Å². The molecule has 0 heterocycles. The van der Waals surface area contributed by atoms with Gasteiger partial charge in [-0.25, -0.2) is 13.6 Å². The number of nitrogens with zero attached hydrogens (tertiary/aromatic N) is 1. The van der Waals surface area contributed by atoms with Crippen molar-refractivity contribution in [1.82, 2.24) is 15.5 Å². The fourth-order valence-electron chi connectivity index (χ4n) is 5.24. The van der Waals surface area contributed by atoms with Gasteiger partial charge in [-0.05, 0) is 68.2 Å². The molecule has 0 unspecified atom stereocenters. The first-order valence-electron chi connectivity index (χ1n) is 14.3. The van der Waals surface area contributed by atoms with E-state index in [1.54, 1.807) is 13.0 Å². The van der Waals surface area contributed by atoms with Crippen LogP contribution in [0.4, 0.5) is 26.7 Å². The third kappa shape index (κ3) is 9.62. The monoisotopic (exact) mass is 613 g/mol. The first kappa shape index (κ1) is 33.7. The summed E-state index contributed by atoms with van der Waals surface area (Å²) in [5, 5.41) is 5.15. The van der Waals surface area contributed by atoms with Crippen molar-refractivity contribution in [2.75, 3.05) is 19.7 Å². The highest BCUT2D eigenvalue weighted by Gasteiger charge is 2.38. The molecule has 236 valence electrons. The van der Waals surface area contributed by atoms with Gasteiger partial charge >= 0.3 is 12.3 Å². The predicted octanol–water partition coefficient (Wildman–Crippen LogP) is 5.15. The maximum atomic E-state index is 14.2. The van der Waals surface area contributed by atoms with Crippen LogP contribution in [0.1, 0.15) is 69.4 Å². The van der Waals surface area contributed by atoms with E-state index in [1.807, 2.05) is 12.2 Å². The van der Waals surface area contributed by atoms with Crippen molar-refractivity contribution in [3.63, 3.8) is 0 Å². The van der Waals surface area contributed by atoms with Gasteiger partial charge in [-0.2, -0.15) is 13.2 Å². The summed E-state index contributed by atoms with van der Waals surface area (Å²) >= 11 is 0. The maximum absolute atomic E-state index is 14.2. The van der Waals surface area contributed by atoms with Gasteiger partial charge in [-0.1, -0.05) is 38.0 Å². The third-order valence-electron chi connectivity index (χ3n) is 7.39. The van der Waals surface area contributed by atoms with Crippen molar-refractivity contribution in [3.8, 4) is 0 Å². The number of carbonyl (C=O) groups excluding carboxylic acids is 4. The zero-order valence-corrected chi connectivity index (χ0v) is 23.9. The number of carbonyl (C=O) groups is 4. The molecule has 0 radical (unpaired) electrons. The fourth-order valence-corrected chi connectivity index (χ4v) is 5.24. The Kier molecular flexibility index (Phi) is 11.8. The molecule has 2 N–H and O–H groups in total. The molecule has 0 spiro atoms. The molecule has 8 nitrogen and oxygen atoms in total. The van der Waals surface area contributed by atoms with Crippen molar-refractivity contribution in [2.24, 2.45) is 0 Å². The van der Waals surface area contributed by atoms with Crippen LogP contribution < -0.4 is 10.6 Å². The van der Waals surface area contributed by atoms with Gasteiger partial charge in [0.05, 0.1) is 12.1 Å². The van der Waals surface area contributed by atoms with Crippen molar-refractivity contribution in [2.45, 2.75) is 82.5 Å². The number of hydrogen-bond acceptors (Lipinski definition) is 5. The second-order valence-corrected chi connectivity index (χ2v) is 10.8. The molecule has 1 aromatic rings. The van der Waals surface area contributed by atoms with Crippen LogP contribution in [0.3, 0.4) is 0 Å². The predicted molar refractivity (Wildman–Crippen MR) is 147 cm³/mol. The van der Waals surface area contributed by atoms with Crippen molar-refractivity contribution in [1.29, 1.82) is 0 Å². The minimum absolute atomic E-state index is 0.0760. The zero-order valence-electron chi connectivity index (χ0n) is 23.9. The van der Waals surface area contributed by atoms with Crippen molar-refractivity contribution >= 4 is 24.2 Å². The number of aldehydes is 1. The standard InChI is InChI=1S/C30H36F5N3O5/c1-2-14-38(17-25(40)37-29(19-39)12-6-7-13-29)27(41)24(36-28(42)43-18-20-8-4-3-5-9-20)11-10-21-15-22(31)26(23(32)16-21)30(33,34)35/h4,8-9,15-16,19,24H,2-3,5-7,10-14,17-18H2,1H3,(H,36,42)(H,37,40)/t24-/m0/s1. The van der Waals surface area contributed by atoms with E-state index in [2.05, 4.69) is 10.6 Å². The van der Waals surface area contributed by atoms with Gasteiger partial charge in [0.2, 0.25) is 11.8 Å². The molecule has 3 rings (SSSR count). The average molecular weight is 614 g/mol. The highest BCUT2D eigenvalue weighted by Crippen LogP contribution is 2.34. The first-order chi connectivity index (χ1) is 20.4. The lowest BCUT2D eigenvalue weighted by molar-refractivity contribution is -0.142. The molecule has 2 aliphatic rings. The van der Waals surface area contributed by atoms with E-state index in [-0.39, 0.29) is 31.6 Å². The summed E-state index contributed by atoms with van der Waals surface area (Å²) in [7, 11) is 0. The molecule has 1 saturated carbocycles. The van der Waals surface area contributed by atoms with E-state index >= 15 is 0 Å². The number of allylic oxidation sites excluding steroid dienone is 2. The van der Waals surface area contributed by atoms with Crippen LogP contribution in [-0.4, -0.2) is 60.4 Å². The Balaban J connectivity index is 1.77. The number of alkyl halides is 3. The van der Waals surface area contributed by atoms with Gasteiger partial charge in [0, 0.05) is 6.54 Å². The van der Waals surface area contributed by atoms with Crippen LogP contribution in [0.5, 0.6) is 0 Å². The van der Waals surface area contributed by atoms with Crippen LogP contribution in [0.25, 0.3) is 0 Å². The second-order valence-electron chi connectivity index (χ2n) is 10.8. The molecule has 1 atom stereocenters. The average Bonchev–Trinajstić information content (AvgIpc) is 3.41. The molecule has 1 fully saturated rings. The van der Waals surface area contributed by atoms with Crippen molar-refractivity contribution < 1.29 is 45.9 Å². The normalized spacial score (nSPS) is 16.7. The third-order valence-corrected chi connectivity index (χ3v) is 7.39. The van der Waals surface area contributed by atoms with E-state index in [9.17, 15) is 41.1 Å². The number of alkyl carbamates (subject to hydrolysis) is 1. The molecule has 0 aliphatic heterocycles. The Morgan fingerprint density at radius 2 is 1.79 bits per heavy atom. The van der Waals surface area contributed by atoms with Gasteiger partial charge in [-0.15, -0.1) is 0 Å². The number of rotatable bonds is 13. The van der Waals surface area contributed by atoms with Crippen molar-refractivity contribution in [3.05, 3.63) is 58.7 Å². The zero-order chi connectivity index (χ0) is 31.6. The fraction of sp³-hybridized carbons (Fsp3) is 0.533. The summed E-state index contributed by atoms with van der Waals surface area (Å²) in [4.78, 5) is 52.0. The molecule has 3 amide bonds. The first-order valence-corrected chi connectivity index (χ1v) is 14.3. The lowest BCUT2D eigenvalue weighted by atomic mass is 10.00. The molecule has 2 aliphatic carbocycles. The summed E-state index contributed by atoms with van der Waals surface area (Å²) in [5.74, 6) is -4.87. The molecular weight excluding hydrogens is 577 g/mol. The van der Waals surface area contributed by atoms with Crippen LogP contribution in [0.15, 0.2) is 35.9 Å². The summed E-state index contributed by atoms with van der Waals surface area (Å²) in [6, 6.07) is -0.279. The molecule has 0 bridgehead atoms. The summed E-state index contributed by atoms with van der Waals surface area (Å²) in [6.07, 6.45) is 4.11. The second kappa shape index (κ2) is 15.1. The Bertz CT molecular complexity index is 1220. The highest BCUT2D eigenvalue weighted by atomic mass is 19.4. The lowest BCUT2D eigenvalue weighted by Gasteiger charge is -2.29. The van der Waals surface area contributed by atoms with E-state index < -0.39 is 59.4 Å². The summed E-state index contributed by atoms with van der Waals surface area (Å²) in [5.41, 5.74) is -2.44. The molecule has 13 heteroatoms. The topological polar surface area (TPSA) is 105 Å². The smallest absolute Gasteiger partial charge is 0.422 e. The molecule has 0 aromatic heterocycles. The number of nitrogens with one attached hydrogen (secondary N) is 2. The number of benzene rings is 1. The van der Waals surface area contributed by atoms with Gasteiger partial charge in [-0.3, -0.25) is 9.59 Å². The Morgan fingerprint density at radius 1 is 1.12 bits per heavy atom. The van der Waals surface area contributed by atoms with Gasteiger partial charge in [0.25, 0.3) is 0 Å². The van der Waals surface area contributed by atoms with E-state index in [0.717, 1.165) is 31.3 Å². The van der Waals surface area contributed by atoms with Gasteiger partial charge in [0.15, 0.2) is 0 Å². The summed E-state index contributed by atoms with van der Waals surface area (Å²) < 4.78 is 72.6. The van der Waals surface area contributed by atoms with Crippen LogP contribution in [0, 0.1) is 11.6 Å².